The summed E-state index contributed by atoms with van der Waals surface area (Å²) in [5, 5.41) is 2.94. The number of nitrogens with zero attached hydrogens (tertiary/aromatic N) is 2. The molecule has 0 unspecified atom stereocenters. The number of nitrogens with one attached hydrogen (secondary N) is 1. The first kappa shape index (κ1) is 23.4. The molecule has 0 aliphatic rings. The number of rotatable bonds is 10. The van der Waals surface area contributed by atoms with Gasteiger partial charge in [0.1, 0.15) is 11.3 Å². The van der Waals surface area contributed by atoms with Gasteiger partial charge in [-0.05, 0) is 87.0 Å². The molecule has 1 heterocycles. The fraction of sp³-hybridized carbons (Fsp3) is 0.286. The number of carbonyl (C=O) groups is 1. The van der Waals surface area contributed by atoms with E-state index in [-0.39, 0.29) is 5.91 Å². The maximum Gasteiger partial charge on any atom is 0.255 e. The van der Waals surface area contributed by atoms with Gasteiger partial charge in [-0.2, -0.15) is 0 Å². The molecule has 0 aliphatic heterocycles. The lowest BCUT2D eigenvalue weighted by atomic mass is 10.2. The van der Waals surface area contributed by atoms with Crippen molar-refractivity contribution in [3.05, 3.63) is 72.3 Å². The summed E-state index contributed by atoms with van der Waals surface area (Å²) in [6, 6.07) is 20.9. The van der Waals surface area contributed by atoms with Gasteiger partial charge in [0.05, 0.1) is 6.61 Å². The smallest absolute Gasteiger partial charge is 0.255 e. The SMILES string of the molecule is CCCCOc1ccc(C(=O)Nc2ccc3oc(-c4ccc(N(CC)CC)cc4)nc3c2)cc1. The molecule has 0 bridgehead atoms. The van der Waals surface area contributed by atoms with Crippen LogP contribution in [0.1, 0.15) is 44.0 Å². The maximum absolute atomic E-state index is 12.7. The minimum absolute atomic E-state index is 0.185. The molecule has 6 heteroatoms. The normalized spacial score (nSPS) is 10.9. The zero-order valence-corrected chi connectivity index (χ0v) is 20.0. The molecule has 4 aromatic rings. The summed E-state index contributed by atoms with van der Waals surface area (Å²) in [4.78, 5) is 19.6. The molecule has 0 saturated carbocycles. The van der Waals surface area contributed by atoms with E-state index in [0.29, 0.717) is 34.8 Å². The molecule has 0 spiro atoms. The van der Waals surface area contributed by atoms with Crippen LogP contribution in [-0.4, -0.2) is 30.6 Å². The Bertz CT molecular complexity index is 1230. The van der Waals surface area contributed by atoms with Crippen molar-refractivity contribution in [1.82, 2.24) is 4.98 Å². The molecular formula is C28H31N3O3. The van der Waals surface area contributed by atoms with Crippen molar-refractivity contribution in [1.29, 1.82) is 0 Å². The van der Waals surface area contributed by atoms with Gasteiger partial charge in [0.15, 0.2) is 5.58 Å². The van der Waals surface area contributed by atoms with Crippen LogP contribution in [0, 0.1) is 0 Å². The quantitative estimate of drug-likeness (QED) is 0.266. The number of unbranched alkanes of at least 4 members (excludes halogenated alkanes) is 1. The van der Waals surface area contributed by atoms with Crippen LogP contribution in [0.4, 0.5) is 11.4 Å². The highest BCUT2D eigenvalue weighted by Crippen LogP contribution is 2.28. The molecule has 34 heavy (non-hydrogen) atoms. The minimum atomic E-state index is -0.185. The second-order valence-corrected chi connectivity index (χ2v) is 8.10. The molecule has 0 fully saturated rings. The van der Waals surface area contributed by atoms with Gasteiger partial charge in [-0.3, -0.25) is 4.79 Å². The zero-order chi connectivity index (χ0) is 23.9. The van der Waals surface area contributed by atoms with Gasteiger partial charge < -0.3 is 19.4 Å². The highest BCUT2D eigenvalue weighted by molar-refractivity contribution is 6.05. The first-order chi connectivity index (χ1) is 16.6. The number of amides is 1. The fourth-order valence-electron chi connectivity index (χ4n) is 3.77. The molecular weight excluding hydrogens is 426 g/mol. The molecule has 0 radical (unpaired) electrons. The first-order valence-electron chi connectivity index (χ1n) is 11.9. The Morgan fingerprint density at radius 1 is 0.971 bits per heavy atom. The summed E-state index contributed by atoms with van der Waals surface area (Å²) in [7, 11) is 0. The monoisotopic (exact) mass is 457 g/mol. The average molecular weight is 458 g/mol. The summed E-state index contributed by atoms with van der Waals surface area (Å²) in [6.07, 6.45) is 2.09. The minimum Gasteiger partial charge on any atom is -0.494 e. The third-order valence-corrected chi connectivity index (χ3v) is 5.77. The zero-order valence-electron chi connectivity index (χ0n) is 20.0. The Kier molecular flexibility index (Phi) is 7.48. The predicted molar refractivity (Wildman–Crippen MR) is 138 cm³/mol. The van der Waals surface area contributed by atoms with Crippen LogP contribution in [0.15, 0.2) is 71.1 Å². The van der Waals surface area contributed by atoms with Gasteiger partial charge in [-0.25, -0.2) is 4.98 Å². The van der Waals surface area contributed by atoms with E-state index in [9.17, 15) is 4.79 Å². The molecule has 1 aromatic heterocycles. The Morgan fingerprint density at radius 2 is 1.71 bits per heavy atom. The van der Waals surface area contributed by atoms with Gasteiger partial charge in [-0.15, -0.1) is 0 Å². The molecule has 1 N–H and O–H groups in total. The van der Waals surface area contributed by atoms with Gasteiger partial charge in [0, 0.05) is 35.6 Å². The predicted octanol–water partition coefficient (Wildman–Crippen LogP) is 6.77. The summed E-state index contributed by atoms with van der Waals surface area (Å²) < 4.78 is 11.6. The second kappa shape index (κ2) is 10.9. The molecule has 6 nitrogen and oxygen atoms in total. The number of hydrogen-bond donors (Lipinski definition) is 1. The standard InChI is InChI=1S/C28H31N3O3/c1-4-7-18-33-24-15-10-20(11-16-24)27(32)29-22-12-17-26-25(19-22)30-28(34-26)21-8-13-23(14-9-21)31(5-2)6-3/h8-17,19H,4-7,18H2,1-3H3,(H,29,32). The van der Waals surface area contributed by atoms with Crippen LogP contribution in [-0.2, 0) is 0 Å². The lowest BCUT2D eigenvalue weighted by Crippen LogP contribution is -2.21. The van der Waals surface area contributed by atoms with E-state index >= 15 is 0 Å². The molecule has 176 valence electrons. The summed E-state index contributed by atoms with van der Waals surface area (Å²) in [6.45, 7) is 9.02. The number of benzene rings is 3. The third kappa shape index (κ3) is 5.39. The summed E-state index contributed by atoms with van der Waals surface area (Å²) >= 11 is 0. The summed E-state index contributed by atoms with van der Waals surface area (Å²) in [5.41, 5.74) is 4.69. The number of hydrogen-bond acceptors (Lipinski definition) is 5. The van der Waals surface area contributed by atoms with Crippen molar-refractivity contribution in [2.24, 2.45) is 0 Å². The number of oxazole rings is 1. The highest BCUT2D eigenvalue weighted by Gasteiger charge is 2.12. The average Bonchev–Trinajstić information content (AvgIpc) is 3.29. The van der Waals surface area contributed by atoms with Crippen LogP contribution >= 0.6 is 0 Å². The second-order valence-electron chi connectivity index (χ2n) is 8.10. The number of anilines is 2. The third-order valence-electron chi connectivity index (χ3n) is 5.77. The van der Waals surface area contributed by atoms with Crippen LogP contribution in [0.5, 0.6) is 5.75 Å². The summed E-state index contributed by atoms with van der Waals surface area (Å²) in [5.74, 6) is 1.14. The number of carbonyl (C=O) groups excluding carboxylic acids is 1. The highest BCUT2D eigenvalue weighted by atomic mass is 16.5. The lowest BCUT2D eigenvalue weighted by molar-refractivity contribution is 0.102. The molecule has 0 atom stereocenters. The molecule has 3 aromatic carbocycles. The van der Waals surface area contributed by atoms with E-state index in [2.05, 4.69) is 48.1 Å². The van der Waals surface area contributed by atoms with E-state index in [1.54, 1.807) is 12.1 Å². The van der Waals surface area contributed by atoms with E-state index < -0.39 is 0 Å². The lowest BCUT2D eigenvalue weighted by Gasteiger charge is -2.20. The van der Waals surface area contributed by atoms with E-state index in [0.717, 1.165) is 37.2 Å². The Labute approximate surface area is 200 Å². The van der Waals surface area contributed by atoms with Crippen LogP contribution < -0.4 is 15.0 Å². The van der Waals surface area contributed by atoms with Crippen LogP contribution in [0.25, 0.3) is 22.6 Å². The topological polar surface area (TPSA) is 67.6 Å². The van der Waals surface area contributed by atoms with Crippen LogP contribution in [0.3, 0.4) is 0 Å². The number of aromatic nitrogens is 1. The van der Waals surface area contributed by atoms with Crippen LogP contribution in [0.2, 0.25) is 0 Å². The van der Waals surface area contributed by atoms with E-state index in [1.807, 2.05) is 42.5 Å². The van der Waals surface area contributed by atoms with Crippen molar-refractivity contribution in [3.63, 3.8) is 0 Å². The maximum atomic E-state index is 12.7. The Balaban J connectivity index is 1.45. The number of fused-ring (bicyclic) bond motifs is 1. The van der Waals surface area contributed by atoms with Gasteiger partial charge >= 0.3 is 0 Å². The van der Waals surface area contributed by atoms with Gasteiger partial charge in [-0.1, -0.05) is 13.3 Å². The molecule has 4 rings (SSSR count). The Morgan fingerprint density at radius 3 is 2.38 bits per heavy atom. The van der Waals surface area contributed by atoms with Crippen molar-refractivity contribution in [2.75, 3.05) is 29.9 Å². The molecule has 0 aliphatic carbocycles. The Hall–Kier alpha value is -3.80. The van der Waals surface area contributed by atoms with Crippen molar-refractivity contribution in [3.8, 4) is 17.2 Å². The molecule has 1 amide bonds. The largest absolute Gasteiger partial charge is 0.494 e. The van der Waals surface area contributed by atoms with E-state index in [4.69, 9.17) is 9.15 Å². The number of ether oxygens (including phenoxy) is 1. The van der Waals surface area contributed by atoms with Crippen molar-refractivity contribution >= 4 is 28.4 Å². The molecule has 0 saturated heterocycles. The van der Waals surface area contributed by atoms with Gasteiger partial charge in [0.25, 0.3) is 5.91 Å². The first-order valence-corrected chi connectivity index (χ1v) is 11.9. The van der Waals surface area contributed by atoms with Crippen molar-refractivity contribution in [2.45, 2.75) is 33.6 Å². The van der Waals surface area contributed by atoms with Crippen molar-refractivity contribution < 1.29 is 13.9 Å². The fourth-order valence-corrected chi connectivity index (χ4v) is 3.77. The van der Waals surface area contributed by atoms with Gasteiger partial charge in [0.2, 0.25) is 5.89 Å². The van der Waals surface area contributed by atoms with E-state index in [1.165, 1.54) is 5.69 Å².